The molecule has 3 atom stereocenters. The van der Waals surface area contributed by atoms with E-state index in [0.717, 1.165) is 31.5 Å². The van der Waals surface area contributed by atoms with Crippen LogP contribution in [0.2, 0.25) is 0 Å². The molecule has 0 spiro atoms. The number of ether oxygens (including phenoxy) is 1. The molecule has 1 saturated heterocycles. The van der Waals surface area contributed by atoms with Crippen LogP contribution >= 0.6 is 0 Å². The number of carbonyl (C=O) groups is 2. The summed E-state index contributed by atoms with van der Waals surface area (Å²) in [6.07, 6.45) is 2.76. The van der Waals surface area contributed by atoms with Gasteiger partial charge in [-0.3, -0.25) is 14.5 Å². The number of likely N-dealkylation sites (tertiary alicyclic amines) is 1. The summed E-state index contributed by atoms with van der Waals surface area (Å²) < 4.78 is 5.15. The molecule has 0 bridgehead atoms. The number of nitrogens with one attached hydrogen (secondary N) is 1. The van der Waals surface area contributed by atoms with Crippen LogP contribution in [-0.4, -0.2) is 42.5 Å². The van der Waals surface area contributed by atoms with Crippen LogP contribution in [0.5, 0.6) is 0 Å². The van der Waals surface area contributed by atoms with Crippen LogP contribution < -0.4 is 5.32 Å². The highest BCUT2D eigenvalue weighted by atomic mass is 16.5. The standard InChI is InChI=1S/C21H32N2O3/c1-5-15(3)18-11-7-8-12-19(18)22-20(24)16(4)23-13-9-10-17(14-23)21(25)26-6-2/h7-8,11-12,15-17H,5-6,9-10,13-14H2,1-4H3,(H,22,24). The molecular weight excluding hydrogens is 328 g/mol. The zero-order valence-corrected chi connectivity index (χ0v) is 16.5. The Hall–Kier alpha value is -1.88. The summed E-state index contributed by atoms with van der Waals surface area (Å²) in [5.74, 6) is 0.0912. The fraction of sp³-hybridized carbons (Fsp3) is 0.619. The summed E-state index contributed by atoms with van der Waals surface area (Å²) in [5.41, 5.74) is 2.05. The Kier molecular flexibility index (Phi) is 7.64. The molecule has 5 nitrogen and oxygen atoms in total. The van der Waals surface area contributed by atoms with Crippen molar-refractivity contribution in [2.45, 2.75) is 58.9 Å². The van der Waals surface area contributed by atoms with Crippen molar-refractivity contribution in [2.24, 2.45) is 5.92 Å². The minimum absolute atomic E-state index is 0.0229. The van der Waals surface area contributed by atoms with Crippen LogP contribution in [0.1, 0.15) is 58.4 Å². The third-order valence-electron chi connectivity index (χ3n) is 5.36. The lowest BCUT2D eigenvalue weighted by molar-refractivity contribution is -0.150. The van der Waals surface area contributed by atoms with Gasteiger partial charge in [-0.05, 0) is 57.2 Å². The van der Waals surface area contributed by atoms with Gasteiger partial charge in [0.25, 0.3) is 0 Å². The number of esters is 1. The fourth-order valence-electron chi connectivity index (χ4n) is 3.47. The predicted octanol–water partition coefficient (Wildman–Crippen LogP) is 3.80. The molecule has 1 aromatic carbocycles. The first-order chi connectivity index (χ1) is 12.5. The molecule has 0 aromatic heterocycles. The Morgan fingerprint density at radius 1 is 1.27 bits per heavy atom. The van der Waals surface area contributed by atoms with Crippen molar-refractivity contribution in [1.29, 1.82) is 0 Å². The van der Waals surface area contributed by atoms with Gasteiger partial charge >= 0.3 is 5.97 Å². The number of hydrogen-bond donors (Lipinski definition) is 1. The van der Waals surface area contributed by atoms with Crippen LogP contribution in [0.25, 0.3) is 0 Å². The average Bonchev–Trinajstić information content (AvgIpc) is 2.67. The van der Waals surface area contributed by atoms with E-state index in [0.29, 0.717) is 19.1 Å². The molecule has 26 heavy (non-hydrogen) atoms. The van der Waals surface area contributed by atoms with Gasteiger partial charge in [0, 0.05) is 12.2 Å². The van der Waals surface area contributed by atoms with Gasteiger partial charge in [-0.1, -0.05) is 32.0 Å². The first-order valence-corrected chi connectivity index (χ1v) is 9.78. The first kappa shape index (κ1) is 20.4. The number of anilines is 1. The summed E-state index contributed by atoms with van der Waals surface area (Å²) in [7, 11) is 0. The van der Waals surface area contributed by atoms with Crippen molar-refractivity contribution in [3.8, 4) is 0 Å². The van der Waals surface area contributed by atoms with Crippen LogP contribution in [-0.2, 0) is 14.3 Å². The Labute approximate surface area is 157 Å². The van der Waals surface area contributed by atoms with Crippen molar-refractivity contribution in [2.75, 3.05) is 25.0 Å². The second-order valence-electron chi connectivity index (χ2n) is 7.15. The summed E-state index contributed by atoms with van der Waals surface area (Å²) in [6.45, 7) is 9.87. The quantitative estimate of drug-likeness (QED) is 0.752. The number of carbonyl (C=O) groups excluding carboxylic acids is 2. The number of nitrogens with zero attached hydrogens (tertiary/aromatic N) is 1. The molecule has 0 radical (unpaired) electrons. The van der Waals surface area contributed by atoms with Gasteiger partial charge in [0.05, 0.1) is 18.6 Å². The molecule has 2 rings (SSSR count). The van der Waals surface area contributed by atoms with Crippen LogP contribution in [0.3, 0.4) is 0 Å². The monoisotopic (exact) mass is 360 g/mol. The Morgan fingerprint density at radius 3 is 2.69 bits per heavy atom. The highest BCUT2D eigenvalue weighted by molar-refractivity contribution is 5.95. The topological polar surface area (TPSA) is 58.6 Å². The minimum atomic E-state index is -0.280. The van der Waals surface area contributed by atoms with Gasteiger partial charge in [0.1, 0.15) is 0 Å². The van der Waals surface area contributed by atoms with E-state index in [4.69, 9.17) is 4.74 Å². The molecule has 1 aromatic rings. The van der Waals surface area contributed by atoms with Crippen molar-refractivity contribution in [1.82, 2.24) is 4.90 Å². The van der Waals surface area contributed by atoms with E-state index in [9.17, 15) is 9.59 Å². The van der Waals surface area contributed by atoms with E-state index in [1.807, 2.05) is 32.0 Å². The van der Waals surface area contributed by atoms with Gasteiger partial charge in [-0.15, -0.1) is 0 Å². The maximum atomic E-state index is 12.8. The molecule has 1 N–H and O–H groups in total. The van der Waals surface area contributed by atoms with Gasteiger partial charge in [-0.25, -0.2) is 0 Å². The molecule has 3 unspecified atom stereocenters. The molecule has 1 aliphatic rings. The predicted molar refractivity (Wildman–Crippen MR) is 104 cm³/mol. The molecule has 1 heterocycles. The Balaban J connectivity index is 2.02. The summed E-state index contributed by atoms with van der Waals surface area (Å²) in [6, 6.07) is 7.71. The van der Waals surface area contributed by atoms with E-state index in [-0.39, 0.29) is 23.8 Å². The summed E-state index contributed by atoms with van der Waals surface area (Å²) in [4.78, 5) is 26.9. The summed E-state index contributed by atoms with van der Waals surface area (Å²) >= 11 is 0. The van der Waals surface area contributed by atoms with Gasteiger partial charge < -0.3 is 10.1 Å². The maximum absolute atomic E-state index is 12.8. The SMILES string of the molecule is CCOC(=O)C1CCCN(C(C)C(=O)Nc2ccccc2C(C)CC)C1. The number of benzene rings is 1. The molecule has 0 saturated carbocycles. The lowest BCUT2D eigenvalue weighted by atomic mass is 9.96. The molecule has 1 fully saturated rings. The largest absolute Gasteiger partial charge is 0.466 e. The summed E-state index contributed by atoms with van der Waals surface area (Å²) in [5, 5.41) is 3.10. The van der Waals surface area contributed by atoms with Crippen molar-refractivity contribution < 1.29 is 14.3 Å². The van der Waals surface area contributed by atoms with E-state index in [1.165, 1.54) is 5.56 Å². The first-order valence-electron chi connectivity index (χ1n) is 9.78. The molecule has 1 aliphatic heterocycles. The van der Waals surface area contributed by atoms with Gasteiger partial charge in [-0.2, -0.15) is 0 Å². The average molecular weight is 360 g/mol. The van der Waals surface area contributed by atoms with Crippen LogP contribution in [0.4, 0.5) is 5.69 Å². The molecule has 5 heteroatoms. The van der Waals surface area contributed by atoms with Crippen LogP contribution in [0.15, 0.2) is 24.3 Å². The molecule has 1 amide bonds. The Morgan fingerprint density at radius 2 is 2.00 bits per heavy atom. The maximum Gasteiger partial charge on any atom is 0.310 e. The lowest BCUT2D eigenvalue weighted by Gasteiger charge is -2.35. The van der Waals surface area contributed by atoms with Crippen molar-refractivity contribution >= 4 is 17.6 Å². The second-order valence-corrected chi connectivity index (χ2v) is 7.15. The van der Waals surface area contributed by atoms with Gasteiger partial charge in [0.2, 0.25) is 5.91 Å². The number of hydrogen-bond acceptors (Lipinski definition) is 4. The van der Waals surface area contributed by atoms with E-state index < -0.39 is 0 Å². The molecule has 0 aliphatic carbocycles. The fourth-order valence-corrected chi connectivity index (χ4v) is 3.47. The van der Waals surface area contributed by atoms with E-state index in [1.54, 1.807) is 0 Å². The Bertz CT molecular complexity index is 617. The molecular formula is C21H32N2O3. The highest BCUT2D eigenvalue weighted by Crippen LogP contribution is 2.27. The normalized spacial score (nSPS) is 20.2. The number of amides is 1. The minimum Gasteiger partial charge on any atom is -0.466 e. The number of para-hydroxylation sites is 1. The lowest BCUT2D eigenvalue weighted by Crippen LogP contribution is -2.48. The smallest absolute Gasteiger partial charge is 0.310 e. The second kappa shape index (κ2) is 9.72. The molecule has 144 valence electrons. The number of rotatable bonds is 7. The zero-order chi connectivity index (χ0) is 19.1. The van der Waals surface area contributed by atoms with Crippen molar-refractivity contribution in [3.63, 3.8) is 0 Å². The number of piperidine rings is 1. The third kappa shape index (κ3) is 5.07. The van der Waals surface area contributed by atoms with Crippen molar-refractivity contribution in [3.05, 3.63) is 29.8 Å². The van der Waals surface area contributed by atoms with Crippen LogP contribution in [0, 0.1) is 5.92 Å². The zero-order valence-electron chi connectivity index (χ0n) is 16.5. The van der Waals surface area contributed by atoms with E-state index in [2.05, 4.69) is 30.1 Å². The third-order valence-corrected chi connectivity index (χ3v) is 5.36. The van der Waals surface area contributed by atoms with Gasteiger partial charge in [0.15, 0.2) is 0 Å². The van der Waals surface area contributed by atoms with E-state index >= 15 is 0 Å². The highest BCUT2D eigenvalue weighted by Gasteiger charge is 2.31.